The Kier molecular flexibility index (Phi) is 8.13. The Bertz CT molecular complexity index is 1040. The lowest BCUT2D eigenvalue weighted by Crippen LogP contribution is -2.29. The first-order chi connectivity index (χ1) is 14.9. The lowest BCUT2D eigenvalue weighted by Gasteiger charge is -2.19. The van der Waals surface area contributed by atoms with Crippen LogP contribution >= 0.6 is 0 Å². The highest BCUT2D eigenvalue weighted by molar-refractivity contribution is 7.92. The number of nitrogens with one attached hydrogen (secondary N) is 2. The molecule has 2 rings (SSSR count). The summed E-state index contributed by atoms with van der Waals surface area (Å²) in [5.74, 6) is -1.23. The Morgan fingerprint density at radius 1 is 1.09 bits per heavy atom. The van der Waals surface area contributed by atoms with Gasteiger partial charge in [-0.1, -0.05) is 13.8 Å². The first-order valence-corrected chi connectivity index (χ1v) is 11.3. The summed E-state index contributed by atoms with van der Waals surface area (Å²) in [5.41, 5.74) is -0.690. The molecular weight excluding hydrogens is 449 g/mol. The van der Waals surface area contributed by atoms with Gasteiger partial charge < -0.3 is 15.2 Å². The monoisotopic (exact) mass is 474 g/mol. The van der Waals surface area contributed by atoms with Gasteiger partial charge in [-0.25, -0.2) is 8.42 Å². The molecule has 0 aliphatic rings. The number of hydrogen-bond acceptors (Lipinski definition) is 5. The molecule has 0 bridgehead atoms. The van der Waals surface area contributed by atoms with Gasteiger partial charge in [0.15, 0.2) is 0 Å². The van der Waals surface area contributed by atoms with E-state index in [2.05, 4.69) is 10.0 Å². The van der Waals surface area contributed by atoms with Crippen molar-refractivity contribution in [3.63, 3.8) is 0 Å². The fraction of sp³-hybridized carbons (Fsp3) is 0.381. The number of aliphatic hydroxyl groups is 1. The third kappa shape index (κ3) is 6.36. The molecule has 0 aliphatic carbocycles. The summed E-state index contributed by atoms with van der Waals surface area (Å²) in [6, 6.07) is 7.47. The van der Waals surface area contributed by atoms with E-state index in [0.717, 1.165) is 24.3 Å². The van der Waals surface area contributed by atoms with Gasteiger partial charge in [-0.05, 0) is 49.2 Å². The number of alkyl halides is 3. The fourth-order valence-corrected chi connectivity index (χ4v) is 4.03. The molecule has 0 aliphatic heterocycles. The van der Waals surface area contributed by atoms with Crippen molar-refractivity contribution >= 4 is 27.3 Å². The Hall–Kier alpha value is -2.79. The normalized spacial score (nSPS) is 13.0. The maximum atomic E-state index is 12.8. The minimum Gasteiger partial charge on any atom is -0.492 e. The van der Waals surface area contributed by atoms with Crippen LogP contribution in [0.25, 0.3) is 0 Å². The topological polar surface area (TPSA) is 105 Å². The van der Waals surface area contributed by atoms with Crippen LogP contribution in [-0.4, -0.2) is 32.6 Å². The van der Waals surface area contributed by atoms with E-state index in [9.17, 15) is 31.5 Å². The predicted octanol–water partition coefficient (Wildman–Crippen LogP) is 4.11. The molecule has 0 spiro atoms. The molecule has 0 aromatic heterocycles. The summed E-state index contributed by atoms with van der Waals surface area (Å²) < 4.78 is 71.4. The summed E-state index contributed by atoms with van der Waals surface area (Å²) in [5, 5.41) is 12.0. The van der Waals surface area contributed by atoms with Gasteiger partial charge in [0.25, 0.3) is 10.0 Å². The number of aliphatic hydroxyl groups excluding tert-OH is 1. The third-order valence-electron chi connectivity index (χ3n) is 4.60. The van der Waals surface area contributed by atoms with Gasteiger partial charge in [0.05, 0.1) is 24.7 Å². The Balaban J connectivity index is 2.30. The summed E-state index contributed by atoms with van der Waals surface area (Å²) in [6.45, 7) is 5.01. The van der Waals surface area contributed by atoms with E-state index in [1.807, 2.05) is 0 Å². The molecule has 0 saturated heterocycles. The smallest absolute Gasteiger partial charge is 0.416 e. The molecule has 0 heterocycles. The van der Waals surface area contributed by atoms with Crippen LogP contribution in [0.15, 0.2) is 47.4 Å². The molecule has 1 atom stereocenters. The molecule has 176 valence electrons. The first kappa shape index (κ1) is 25.5. The molecule has 0 radical (unpaired) electrons. The Morgan fingerprint density at radius 2 is 1.69 bits per heavy atom. The highest BCUT2D eigenvalue weighted by Gasteiger charge is 2.30. The molecule has 32 heavy (non-hydrogen) atoms. The zero-order chi connectivity index (χ0) is 24.1. The van der Waals surface area contributed by atoms with E-state index < -0.39 is 33.6 Å². The number of ether oxygens (including phenoxy) is 1. The number of anilines is 2. The Labute approximate surface area is 184 Å². The zero-order valence-corrected chi connectivity index (χ0v) is 18.5. The zero-order valence-electron chi connectivity index (χ0n) is 17.7. The van der Waals surface area contributed by atoms with Crippen molar-refractivity contribution in [1.29, 1.82) is 0 Å². The van der Waals surface area contributed by atoms with Gasteiger partial charge >= 0.3 is 6.18 Å². The number of rotatable bonds is 9. The largest absolute Gasteiger partial charge is 0.492 e. The van der Waals surface area contributed by atoms with E-state index in [-0.39, 0.29) is 41.2 Å². The molecule has 7 nitrogen and oxygen atoms in total. The quantitative estimate of drug-likeness (QED) is 0.507. The van der Waals surface area contributed by atoms with E-state index in [1.165, 1.54) is 18.2 Å². The maximum Gasteiger partial charge on any atom is 0.416 e. The minimum atomic E-state index is -4.54. The molecule has 2 aromatic rings. The third-order valence-corrected chi connectivity index (χ3v) is 6.02. The average molecular weight is 475 g/mol. The SMILES string of the molecule is CCOc1cc(NC(=O)[C@@H](CO)C(C)C)ccc1S(=O)(=O)Nc1ccc(C(F)(F)F)cc1. The van der Waals surface area contributed by atoms with Gasteiger partial charge in [0, 0.05) is 17.4 Å². The summed E-state index contributed by atoms with van der Waals surface area (Å²) in [7, 11) is -4.20. The van der Waals surface area contributed by atoms with Crippen LogP contribution < -0.4 is 14.8 Å². The van der Waals surface area contributed by atoms with Crippen LogP contribution in [0.4, 0.5) is 24.5 Å². The van der Waals surface area contributed by atoms with Crippen LogP contribution in [0.3, 0.4) is 0 Å². The molecule has 11 heteroatoms. The van der Waals surface area contributed by atoms with Crippen LogP contribution in [0, 0.1) is 11.8 Å². The second kappa shape index (κ2) is 10.2. The van der Waals surface area contributed by atoms with Crippen molar-refractivity contribution < 1.29 is 36.2 Å². The number of sulfonamides is 1. The standard InChI is InChI=1S/C21H25F3N2O5S/c1-4-31-18-11-16(25-20(28)17(12-27)13(2)3)9-10-19(18)32(29,30)26-15-7-5-14(6-8-15)21(22,23)24/h5-11,13,17,26-27H,4,12H2,1-3H3,(H,25,28)/t17-/m0/s1. The number of benzene rings is 2. The summed E-state index contributed by atoms with van der Waals surface area (Å²) >= 11 is 0. The van der Waals surface area contributed by atoms with Gasteiger partial charge in [-0.3, -0.25) is 9.52 Å². The van der Waals surface area contributed by atoms with Crippen LogP contribution in [-0.2, 0) is 21.0 Å². The number of carbonyl (C=O) groups excluding carboxylic acids is 1. The first-order valence-electron chi connectivity index (χ1n) is 9.77. The lowest BCUT2D eigenvalue weighted by molar-refractivity contribution is -0.137. The maximum absolute atomic E-state index is 12.8. The number of amides is 1. The molecular formula is C21H25F3N2O5S. The van der Waals surface area contributed by atoms with Crippen molar-refractivity contribution in [1.82, 2.24) is 0 Å². The van der Waals surface area contributed by atoms with Crippen molar-refractivity contribution in [3.05, 3.63) is 48.0 Å². The highest BCUT2D eigenvalue weighted by Crippen LogP contribution is 2.32. The average Bonchev–Trinajstić information content (AvgIpc) is 2.68. The van der Waals surface area contributed by atoms with Gasteiger partial charge in [-0.15, -0.1) is 0 Å². The molecule has 0 saturated carbocycles. The number of halogens is 3. The van der Waals surface area contributed by atoms with Crippen molar-refractivity contribution in [2.75, 3.05) is 23.3 Å². The lowest BCUT2D eigenvalue weighted by atomic mass is 9.96. The minimum absolute atomic E-state index is 0.0465. The van der Waals surface area contributed by atoms with Crippen LogP contribution in [0.1, 0.15) is 26.3 Å². The number of hydrogen-bond donors (Lipinski definition) is 3. The molecule has 3 N–H and O–H groups in total. The van der Waals surface area contributed by atoms with E-state index in [4.69, 9.17) is 4.74 Å². The highest BCUT2D eigenvalue weighted by atomic mass is 32.2. The molecule has 1 amide bonds. The molecule has 2 aromatic carbocycles. The predicted molar refractivity (Wildman–Crippen MR) is 114 cm³/mol. The summed E-state index contributed by atoms with van der Waals surface area (Å²) in [4.78, 5) is 12.1. The van der Waals surface area contributed by atoms with Crippen LogP contribution in [0.5, 0.6) is 5.75 Å². The second-order valence-electron chi connectivity index (χ2n) is 7.30. The van der Waals surface area contributed by atoms with Crippen LogP contribution in [0.2, 0.25) is 0 Å². The summed E-state index contributed by atoms with van der Waals surface area (Å²) in [6.07, 6.45) is -4.54. The van der Waals surface area contributed by atoms with E-state index >= 15 is 0 Å². The number of carbonyl (C=O) groups is 1. The van der Waals surface area contributed by atoms with Gasteiger partial charge in [-0.2, -0.15) is 13.2 Å². The van der Waals surface area contributed by atoms with Crippen molar-refractivity contribution in [2.24, 2.45) is 11.8 Å². The Morgan fingerprint density at radius 3 is 2.19 bits per heavy atom. The van der Waals surface area contributed by atoms with Gasteiger partial charge in [0.2, 0.25) is 5.91 Å². The van der Waals surface area contributed by atoms with Crippen molar-refractivity contribution in [3.8, 4) is 5.75 Å². The van der Waals surface area contributed by atoms with E-state index in [1.54, 1.807) is 20.8 Å². The molecule has 0 fully saturated rings. The molecule has 0 unspecified atom stereocenters. The van der Waals surface area contributed by atoms with E-state index in [0.29, 0.717) is 0 Å². The second-order valence-corrected chi connectivity index (χ2v) is 8.95. The van der Waals surface area contributed by atoms with Crippen molar-refractivity contribution in [2.45, 2.75) is 31.8 Å². The van der Waals surface area contributed by atoms with Gasteiger partial charge in [0.1, 0.15) is 10.6 Å². The fourth-order valence-electron chi connectivity index (χ4n) is 2.84.